The fourth-order valence-electron chi connectivity index (χ4n) is 2.30. The Morgan fingerprint density at radius 1 is 1.33 bits per heavy atom. The van der Waals surface area contributed by atoms with Crippen molar-refractivity contribution in [1.29, 1.82) is 0 Å². The van der Waals surface area contributed by atoms with E-state index in [9.17, 15) is 22.0 Å². The maximum absolute atomic E-state index is 13.6. The molecule has 1 aromatic carbocycles. The zero-order valence-corrected chi connectivity index (χ0v) is 13.5. The number of hydrogen-bond acceptors (Lipinski definition) is 6. The van der Waals surface area contributed by atoms with Gasteiger partial charge in [-0.1, -0.05) is 0 Å². The molecule has 1 atom stereocenters. The first-order valence-corrected chi connectivity index (χ1v) is 8.77. The normalized spacial score (nSPS) is 17.5. The van der Waals surface area contributed by atoms with Gasteiger partial charge in [-0.05, 0) is 18.2 Å². The van der Waals surface area contributed by atoms with E-state index in [1.54, 1.807) is 4.90 Å². The van der Waals surface area contributed by atoms with Gasteiger partial charge in [0.05, 0.1) is 18.8 Å². The van der Waals surface area contributed by atoms with E-state index in [1.165, 1.54) is 0 Å². The summed E-state index contributed by atoms with van der Waals surface area (Å²) in [6.07, 6.45) is -1.23. The molecule has 10 heteroatoms. The van der Waals surface area contributed by atoms with Crippen LogP contribution in [0.15, 0.2) is 18.2 Å². The van der Waals surface area contributed by atoms with Crippen LogP contribution in [0.25, 0.3) is 0 Å². The van der Waals surface area contributed by atoms with Gasteiger partial charge in [0.2, 0.25) is 0 Å². The Hall–Kier alpha value is -1.62. The first kappa shape index (κ1) is 18.7. The molecule has 1 aliphatic heterocycles. The molecular formula is C14H17F2NO6S. The molecule has 0 saturated carbocycles. The van der Waals surface area contributed by atoms with Gasteiger partial charge in [-0.3, -0.25) is 9.45 Å². The number of halogens is 2. The Labute approximate surface area is 137 Å². The highest BCUT2D eigenvalue weighted by molar-refractivity contribution is 7.85. The summed E-state index contributed by atoms with van der Waals surface area (Å²) in [5.74, 6) is -3.86. The van der Waals surface area contributed by atoms with Crippen LogP contribution in [-0.2, 0) is 19.6 Å². The second-order valence-electron chi connectivity index (χ2n) is 5.31. The number of carbonyl (C=O) groups excluding carboxylic acids is 1. The predicted molar refractivity (Wildman–Crippen MR) is 79.2 cm³/mol. The summed E-state index contributed by atoms with van der Waals surface area (Å²) in [5, 5.41) is 0. The van der Waals surface area contributed by atoms with E-state index in [4.69, 9.17) is 14.0 Å². The minimum absolute atomic E-state index is 0.0197. The lowest BCUT2D eigenvalue weighted by Crippen LogP contribution is -2.44. The Kier molecular flexibility index (Phi) is 6.21. The predicted octanol–water partition coefficient (Wildman–Crippen LogP) is 0.710. The van der Waals surface area contributed by atoms with Crippen LogP contribution in [-0.4, -0.2) is 68.5 Å². The molecule has 1 saturated heterocycles. The van der Waals surface area contributed by atoms with Gasteiger partial charge in [0.15, 0.2) is 0 Å². The van der Waals surface area contributed by atoms with Crippen LogP contribution in [0.1, 0.15) is 10.4 Å². The number of ether oxygens (including phenoxy) is 2. The van der Waals surface area contributed by atoms with Crippen LogP contribution in [0, 0.1) is 11.6 Å². The van der Waals surface area contributed by atoms with Crippen molar-refractivity contribution in [3.63, 3.8) is 0 Å². The number of morpholine rings is 1. The average molecular weight is 365 g/mol. The number of hydrogen-bond donors (Lipinski definition) is 1. The van der Waals surface area contributed by atoms with Crippen molar-refractivity contribution < 1.29 is 36.0 Å². The van der Waals surface area contributed by atoms with Crippen molar-refractivity contribution in [3.8, 4) is 0 Å². The highest BCUT2D eigenvalue weighted by Gasteiger charge is 2.26. The first-order valence-electron chi connectivity index (χ1n) is 7.16. The van der Waals surface area contributed by atoms with Gasteiger partial charge in [0.1, 0.15) is 23.5 Å². The molecule has 0 spiro atoms. The van der Waals surface area contributed by atoms with Crippen molar-refractivity contribution in [3.05, 3.63) is 35.4 Å². The largest absolute Gasteiger partial charge is 0.456 e. The average Bonchev–Trinajstić information content (AvgIpc) is 2.49. The van der Waals surface area contributed by atoms with Gasteiger partial charge >= 0.3 is 5.97 Å². The fraction of sp³-hybridized carbons (Fsp3) is 0.500. The second-order valence-corrected chi connectivity index (χ2v) is 6.81. The minimum atomic E-state index is -4.42. The maximum atomic E-state index is 13.6. The molecule has 1 unspecified atom stereocenters. The van der Waals surface area contributed by atoms with Crippen LogP contribution in [0.2, 0.25) is 0 Å². The quantitative estimate of drug-likeness (QED) is 0.586. The Balaban J connectivity index is 2.11. The van der Waals surface area contributed by atoms with Crippen LogP contribution in [0.5, 0.6) is 0 Å². The number of rotatable bonds is 6. The summed E-state index contributed by atoms with van der Waals surface area (Å²) in [5.41, 5.74) is -0.641. The summed E-state index contributed by atoms with van der Waals surface area (Å²) in [7, 11) is -4.42. The summed E-state index contributed by atoms with van der Waals surface area (Å²) < 4.78 is 68.1. The number of carbonyl (C=O) groups is 1. The van der Waals surface area contributed by atoms with E-state index in [0.29, 0.717) is 32.4 Å². The summed E-state index contributed by atoms with van der Waals surface area (Å²) in [6.45, 7) is 1.88. The molecule has 1 N–H and O–H groups in total. The Morgan fingerprint density at radius 3 is 2.62 bits per heavy atom. The molecule has 24 heavy (non-hydrogen) atoms. The molecule has 0 radical (unpaired) electrons. The molecule has 7 nitrogen and oxygen atoms in total. The zero-order valence-electron chi connectivity index (χ0n) is 12.7. The zero-order chi connectivity index (χ0) is 17.7. The standard InChI is InChI=1S/C14H17F2NO6S/c15-10-1-2-13(16)12(7-10)14(18)23-11(9-24(19,20)21)8-17-3-5-22-6-4-17/h1-2,7,11H,3-6,8-9H2,(H,19,20,21). The molecule has 134 valence electrons. The van der Waals surface area contributed by atoms with Crippen molar-refractivity contribution in [2.75, 3.05) is 38.6 Å². The lowest BCUT2D eigenvalue weighted by Gasteiger charge is -2.29. The highest BCUT2D eigenvalue weighted by Crippen LogP contribution is 2.13. The molecule has 1 aromatic rings. The topological polar surface area (TPSA) is 93.1 Å². The SMILES string of the molecule is O=C(OC(CN1CCOCC1)CS(=O)(=O)O)c1cc(F)ccc1F. The smallest absolute Gasteiger partial charge is 0.341 e. The fourth-order valence-corrected chi connectivity index (χ4v) is 2.94. The van der Waals surface area contributed by atoms with E-state index in [0.717, 1.165) is 12.1 Å². The molecule has 2 rings (SSSR count). The summed E-state index contributed by atoms with van der Waals surface area (Å²) >= 11 is 0. The van der Waals surface area contributed by atoms with Crippen molar-refractivity contribution in [2.24, 2.45) is 0 Å². The maximum Gasteiger partial charge on any atom is 0.341 e. The van der Waals surface area contributed by atoms with E-state index in [-0.39, 0.29) is 6.54 Å². The van der Waals surface area contributed by atoms with Crippen molar-refractivity contribution in [2.45, 2.75) is 6.10 Å². The molecule has 1 fully saturated rings. The molecule has 1 heterocycles. The number of benzene rings is 1. The molecule has 0 aliphatic carbocycles. The third-order valence-corrected chi connectivity index (χ3v) is 4.18. The van der Waals surface area contributed by atoms with Crippen LogP contribution >= 0.6 is 0 Å². The molecular weight excluding hydrogens is 348 g/mol. The molecule has 0 aromatic heterocycles. The first-order chi connectivity index (χ1) is 11.2. The Morgan fingerprint density at radius 2 is 2.00 bits per heavy atom. The highest BCUT2D eigenvalue weighted by atomic mass is 32.2. The lowest BCUT2D eigenvalue weighted by atomic mass is 10.2. The van der Waals surface area contributed by atoms with Gasteiger partial charge in [0.25, 0.3) is 10.1 Å². The van der Waals surface area contributed by atoms with Gasteiger partial charge in [-0.15, -0.1) is 0 Å². The van der Waals surface area contributed by atoms with Gasteiger partial charge in [-0.25, -0.2) is 13.6 Å². The molecule has 1 aliphatic rings. The van der Waals surface area contributed by atoms with Crippen LogP contribution < -0.4 is 0 Å². The number of nitrogens with zero attached hydrogens (tertiary/aromatic N) is 1. The van der Waals surface area contributed by atoms with Crippen molar-refractivity contribution >= 4 is 16.1 Å². The summed E-state index contributed by atoms with van der Waals surface area (Å²) in [4.78, 5) is 13.8. The van der Waals surface area contributed by atoms with E-state index >= 15 is 0 Å². The van der Waals surface area contributed by atoms with Crippen LogP contribution in [0.3, 0.4) is 0 Å². The third-order valence-electron chi connectivity index (χ3n) is 3.38. The molecule has 0 bridgehead atoms. The Bertz CT molecular complexity index is 691. The molecule has 0 amide bonds. The van der Waals surface area contributed by atoms with E-state index < -0.39 is 45.1 Å². The minimum Gasteiger partial charge on any atom is -0.456 e. The van der Waals surface area contributed by atoms with Gasteiger partial charge < -0.3 is 9.47 Å². The van der Waals surface area contributed by atoms with Crippen molar-refractivity contribution in [1.82, 2.24) is 4.90 Å². The van der Waals surface area contributed by atoms with Gasteiger partial charge in [0, 0.05) is 19.6 Å². The van der Waals surface area contributed by atoms with E-state index in [2.05, 4.69) is 0 Å². The second kappa shape index (κ2) is 7.97. The third kappa shape index (κ3) is 5.78. The van der Waals surface area contributed by atoms with Crippen LogP contribution in [0.4, 0.5) is 8.78 Å². The van der Waals surface area contributed by atoms with Gasteiger partial charge in [-0.2, -0.15) is 8.42 Å². The number of esters is 1. The lowest BCUT2D eigenvalue weighted by molar-refractivity contribution is 0.000695. The monoisotopic (exact) mass is 365 g/mol. The summed E-state index contributed by atoms with van der Waals surface area (Å²) in [6, 6.07) is 2.28. The van der Waals surface area contributed by atoms with E-state index in [1.807, 2.05) is 0 Å².